The van der Waals surface area contributed by atoms with Crippen LogP contribution >= 0.6 is 0 Å². The van der Waals surface area contributed by atoms with E-state index in [0.717, 1.165) is 30.8 Å². The number of anilines is 1. The van der Waals surface area contributed by atoms with E-state index < -0.39 is 0 Å². The van der Waals surface area contributed by atoms with Gasteiger partial charge in [-0.25, -0.2) is 4.98 Å². The third kappa shape index (κ3) is 4.08. The molecule has 0 fully saturated rings. The highest BCUT2D eigenvalue weighted by Gasteiger charge is 2.11. The number of amides is 1. The maximum absolute atomic E-state index is 12.3. The van der Waals surface area contributed by atoms with Gasteiger partial charge in [0.25, 0.3) is 5.91 Å². The number of carbonyl (C=O) groups is 1. The second kappa shape index (κ2) is 7.47. The largest absolute Gasteiger partial charge is 0.444 e. The zero-order chi connectivity index (χ0) is 15.1. The fourth-order valence-corrected chi connectivity index (χ4v) is 1.94. The molecular weight excluding hydrogens is 266 g/mol. The highest BCUT2D eigenvalue weighted by atomic mass is 16.4. The first kappa shape index (κ1) is 15.1. The van der Waals surface area contributed by atoms with Crippen molar-refractivity contribution >= 4 is 11.6 Å². The Kier molecular flexibility index (Phi) is 5.37. The van der Waals surface area contributed by atoms with Crippen LogP contribution in [0.15, 0.2) is 34.9 Å². The van der Waals surface area contributed by atoms with E-state index in [9.17, 15) is 4.79 Å². The van der Waals surface area contributed by atoms with Crippen LogP contribution in [0.5, 0.6) is 0 Å². The average Bonchev–Trinajstić information content (AvgIpc) is 2.99. The van der Waals surface area contributed by atoms with Gasteiger partial charge in [-0.3, -0.25) is 4.79 Å². The summed E-state index contributed by atoms with van der Waals surface area (Å²) in [6.45, 7) is 5.22. The number of carbonyl (C=O) groups excluding carboxylic acids is 1. The summed E-state index contributed by atoms with van der Waals surface area (Å²) in [5, 5.41) is 6.09. The third-order valence-electron chi connectivity index (χ3n) is 3.09. The second-order valence-electron chi connectivity index (χ2n) is 4.73. The topological polar surface area (TPSA) is 67.2 Å². The Labute approximate surface area is 124 Å². The molecule has 21 heavy (non-hydrogen) atoms. The van der Waals surface area contributed by atoms with Gasteiger partial charge in [0, 0.05) is 18.7 Å². The molecule has 0 aliphatic heterocycles. The Hall–Kier alpha value is -2.30. The molecule has 112 valence electrons. The van der Waals surface area contributed by atoms with Crippen molar-refractivity contribution in [1.82, 2.24) is 10.3 Å². The van der Waals surface area contributed by atoms with Gasteiger partial charge in [0.1, 0.15) is 5.76 Å². The lowest BCUT2D eigenvalue weighted by atomic mass is 10.1. The molecule has 2 N–H and O–H groups in total. The molecule has 1 amide bonds. The maximum atomic E-state index is 12.3. The highest BCUT2D eigenvalue weighted by Crippen LogP contribution is 2.15. The smallest absolute Gasteiger partial charge is 0.253 e. The molecule has 1 aromatic carbocycles. The van der Waals surface area contributed by atoms with E-state index in [1.54, 1.807) is 12.3 Å². The summed E-state index contributed by atoms with van der Waals surface area (Å²) < 4.78 is 5.47. The molecule has 2 rings (SSSR count). The Bertz CT molecular complexity index is 593. The maximum Gasteiger partial charge on any atom is 0.253 e. The summed E-state index contributed by atoms with van der Waals surface area (Å²) in [6, 6.07) is 7.48. The van der Waals surface area contributed by atoms with Crippen molar-refractivity contribution < 1.29 is 9.21 Å². The van der Waals surface area contributed by atoms with Crippen molar-refractivity contribution in [3.63, 3.8) is 0 Å². The number of aromatic nitrogens is 1. The van der Waals surface area contributed by atoms with Gasteiger partial charge >= 0.3 is 0 Å². The quantitative estimate of drug-likeness (QED) is 0.821. The molecule has 2 aromatic rings. The van der Waals surface area contributed by atoms with Crippen molar-refractivity contribution in [3.8, 4) is 0 Å². The van der Waals surface area contributed by atoms with Crippen LogP contribution in [-0.4, -0.2) is 17.4 Å². The Morgan fingerprint density at radius 3 is 2.81 bits per heavy atom. The first-order valence-electron chi connectivity index (χ1n) is 7.29. The van der Waals surface area contributed by atoms with Crippen LogP contribution in [0, 0.1) is 0 Å². The number of oxazole rings is 1. The standard InChI is InChI=1S/C16H21N3O2/c1-3-9-17-14-8-6-5-7-13(14)16(20)19-11-15-18-10-12(4-2)21-15/h5-8,10,17H,3-4,9,11H2,1-2H3,(H,19,20). The van der Waals surface area contributed by atoms with Crippen LogP contribution in [-0.2, 0) is 13.0 Å². The van der Waals surface area contributed by atoms with E-state index >= 15 is 0 Å². The Balaban J connectivity index is 1.99. The van der Waals surface area contributed by atoms with Gasteiger partial charge in [-0.05, 0) is 18.6 Å². The molecule has 1 aromatic heterocycles. The summed E-state index contributed by atoms with van der Waals surface area (Å²) in [4.78, 5) is 16.4. The number of para-hydroxylation sites is 1. The van der Waals surface area contributed by atoms with Crippen molar-refractivity contribution in [2.45, 2.75) is 33.2 Å². The van der Waals surface area contributed by atoms with Gasteiger partial charge < -0.3 is 15.1 Å². The average molecular weight is 287 g/mol. The molecule has 0 saturated carbocycles. The number of hydrogen-bond donors (Lipinski definition) is 2. The molecule has 0 saturated heterocycles. The van der Waals surface area contributed by atoms with Gasteiger partial charge in [0.15, 0.2) is 0 Å². The van der Waals surface area contributed by atoms with E-state index in [2.05, 4.69) is 22.5 Å². The van der Waals surface area contributed by atoms with Gasteiger partial charge in [-0.15, -0.1) is 0 Å². The summed E-state index contributed by atoms with van der Waals surface area (Å²) in [5.41, 5.74) is 1.48. The molecule has 1 heterocycles. The minimum absolute atomic E-state index is 0.134. The molecule has 0 aliphatic rings. The van der Waals surface area contributed by atoms with Crippen LogP contribution < -0.4 is 10.6 Å². The lowest BCUT2D eigenvalue weighted by Crippen LogP contribution is -2.24. The molecular formula is C16H21N3O2. The van der Waals surface area contributed by atoms with E-state index in [1.807, 2.05) is 25.1 Å². The summed E-state index contributed by atoms with van der Waals surface area (Å²) in [7, 11) is 0. The first-order valence-corrected chi connectivity index (χ1v) is 7.29. The molecule has 0 radical (unpaired) electrons. The van der Waals surface area contributed by atoms with Gasteiger partial charge in [0.05, 0.1) is 18.3 Å². The normalized spacial score (nSPS) is 10.4. The van der Waals surface area contributed by atoms with E-state index in [0.29, 0.717) is 18.0 Å². The zero-order valence-corrected chi connectivity index (χ0v) is 12.5. The van der Waals surface area contributed by atoms with Crippen molar-refractivity contribution in [3.05, 3.63) is 47.7 Å². The summed E-state index contributed by atoms with van der Waals surface area (Å²) >= 11 is 0. The number of benzene rings is 1. The number of hydrogen-bond acceptors (Lipinski definition) is 4. The van der Waals surface area contributed by atoms with Gasteiger partial charge in [0.2, 0.25) is 5.89 Å². The van der Waals surface area contributed by atoms with E-state index in [-0.39, 0.29) is 5.91 Å². The van der Waals surface area contributed by atoms with Gasteiger partial charge in [-0.1, -0.05) is 26.0 Å². The first-order chi connectivity index (χ1) is 10.2. The predicted molar refractivity (Wildman–Crippen MR) is 82.3 cm³/mol. The number of rotatable bonds is 7. The lowest BCUT2D eigenvalue weighted by molar-refractivity contribution is 0.0948. The SMILES string of the molecule is CCCNc1ccccc1C(=O)NCc1ncc(CC)o1. The predicted octanol–water partition coefficient (Wildman–Crippen LogP) is 2.99. The fraction of sp³-hybridized carbons (Fsp3) is 0.375. The lowest BCUT2D eigenvalue weighted by Gasteiger charge is -2.10. The zero-order valence-electron chi connectivity index (χ0n) is 12.5. The Morgan fingerprint density at radius 1 is 1.29 bits per heavy atom. The summed E-state index contributed by atoms with van der Waals surface area (Å²) in [5.74, 6) is 1.22. The third-order valence-corrected chi connectivity index (χ3v) is 3.09. The molecule has 0 spiro atoms. The highest BCUT2D eigenvalue weighted by molar-refractivity contribution is 5.99. The second-order valence-corrected chi connectivity index (χ2v) is 4.73. The molecule has 0 bridgehead atoms. The van der Waals surface area contributed by atoms with Crippen LogP contribution in [0.4, 0.5) is 5.69 Å². The van der Waals surface area contributed by atoms with E-state index in [4.69, 9.17) is 4.42 Å². The Morgan fingerprint density at radius 2 is 2.10 bits per heavy atom. The molecule has 5 heteroatoms. The molecule has 0 unspecified atom stereocenters. The fourth-order valence-electron chi connectivity index (χ4n) is 1.94. The van der Waals surface area contributed by atoms with Gasteiger partial charge in [-0.2, -0.15) is 0 Å². The van der Waals surface area contributed by atoms with Crippen molar-refractivity contribution in [2.24, 2.45) is 0 Å². The minimum Gasteiger partial charge on any atom is -0.444 e. The number of aryl methyl sites for hydroxylation is 1. The number of nitrogens with zero attached hydrogens (tertiary/aromatic N) is 1. The minimum atomic E-state index is -0.134. The van der Waals surface area contributed by atoms with Crippen molar-refractivity contribution in [2.75, 3.05) is 11.9 Å². The summed E-state index contributed by atoms with van der Waals surface area (Å²) in [6.07, 6.45) is 3.50. The molecule has 5 nitrogen and oxygen atoms in total. The van der Waals surface area contributed by atoms with Crippen LogP contribution in [0.2, 0.25) is 0 Å². The monoisotopic (exact) mass is 287 g/mol. The number of nitrogens with one attached hydrogen (secondary N) is 2. The van der Waals surface area contributed by atoms with Crippen LogP contribution in [0.3, 0.4) is 0 Å². The molecule has 0 atom stereocenters. The van der Waals surface area contributed by atoms with Crippen LogP contribution in [0.25, 0.3) is 0 Å². The van der Waals surface area contributed by atoms with E-state index in [1.165, 1.54) is 0 Å². The molecule has 0 aliphatic carbocycles. The van der Waals surface area contributed by atoms with Crippen molar-refractivity contribution in [1.29, 1.82) is 0 Å². The van der Waals surface area contributed by atoms with Crippen LogP contribution in [0.1, 0.15) is 42.3 Å².